The first-order chi connectivity index (χ1) is 7.98. The van der Waals surface area contributed by atoms with Crippen molar-refractivity contribution in [3.63, 3.8) is 0 Å². The van der Waals surface area contributed by atoms with E-state index >= 15 is 0 Å². The average molecular weight is 319 g/mol. The molecule has 1 saturated heterocycles. The van der Waals surface area contributed by atoms with Gasteiger partial charge in [-0.2, -0.15) is 0 Å². The molecule has 1 aliphatic heterocycles. The molecule has 1 fully saturated rings. The predicted molar refractivity (Wildman–Crippen MR) is 71.1 cm³/mol. The molecule has 1 aromatic rings. The van der Waals surface area contributed by atoms with E-state index in [4.69, 9.17) is 4.74 Å². The number of hydrogen-bond donors (Lipinski definition) is 0. The molecular formula is C12H15BrO3S. The van der Waals surface area contributed by atoms with Gasteiger partial charge in [-0.1, -0.05) is 46.3 Å². The summed E-state index contributed by atoms with van der Waals surface area (Å²) >= 11 is 3.38. The molecule has 3 atom stereocenters. The van der Waals surface area contributed by atoms with E-state index in [-0.39, 0.29) is 28.5 Å². The van der Waals surface area contributed by atoms with Gasteiger partial charge in [0.2, 0.25) is 0 Å². The topological polar surface area (TPSA) is 43.4 Å². The van der Waals surface area contributed by atoms with Crippen LogP contribution in [0.15, 0.2) is 30.3 Å². The third-order valence-corrected chi connectivity index (χ3v) is 5.93. The highest BCUT2D eigenvalue weighted by molar-refractivity contribution is 9.09. The van der Waals surface area contributed by atoms with Crippen LogP contribution in [0, 0.1) is 0 Å². The van der Waals surface area contributed by atoms with Crippen LogP contribution in [0.1, 0.15) is 18.6 Å². The largest absolute Gasteiger partial charge is 0.368 e. The number of hydrogen-bond acceptors (Lipinski definition) is 3. The lowest BCUT2D eigenvalue weighted by Crippen LogP contribution is -2.23. The van der Waals surface area contributed by atoms with Crippen LogP contribution in [-0.4, -0.2) is 30.9 Å². The lowest BCUT2D eigenvalue weighted by atomic mass is 10.1. The SMILES string of the molecule is CC(OC1CS(=O)(=O)CC1Br)c1ccccc1. The second-order valence-corrected chi connectivity index (χ2v) is 7.65. The first-order valence-corrected chi connectivity index (χ1v) is 8.26. The quantitative estimate of drug-likeness (QED) is 0.803. The Morgan fingerprint density at radius 3 is 2.47 bits per heavy atom. The van der Waals surface area contributed by atoms with E-state index in [2.05, 4.69) is 15.9 Å². The van der Waals surface area contributed by atoms with Crippen molar-refractivity contribution < 1.29 is 13.2 Å². The van der Waals surface area contributed by atoms with E-state index in [1.165, 1.54) is 0 Å². The third-order valence-electron chi connectivity index (χ3n) is 2.88. The van der Waals surface area contributed by atoms with Crippen LogP contribution in [0.25, 0.3) is 0 Å². The Hall–Kier alpha value is -0.390. The number of alkyl halides is 1. The second kappa shape index (κ2) is 5.08. The van der Waals surface area contributed by atoms with Gasteiger partial charge in [-0.15, -0.1) is 0 Å². The van der Waals surface area contributed by atoms with Crippen LogP contribution in [0.5, 0.6) is 0 Å². The van der Waals surface area contributed by atoms with Crippen LogP contribution >= 0.6 is 15.9 Å². The second-order valence-electron chi connectivity index (χ2n) is 4.32. The van der Waals surface area contributed by atoms with Gasteiger partial charge >= 0.3 is 0 Å². The molecule has 0 bridgehead atoms. The van der Waals surface area contributed by atoms with Crippen LogP contribution in [0.3, 0.4) is 0 Å². The van der Waals surface area contributed by atoms with Gasteiger partial charge in [-0.3, -0.25) is 0 Å². The molecule has 0 N–H and O–H groups in total. The molecule has 2 rings (SSSR count). The fraction of sp³-hybridized carbons (Fsp3) is 0.500. The summed E-state index contributed by atoms with van der Waals surface area (Å²) in [7, 11) is -2.94. The van der Waals surface area contributed by atoms with Crippen LogP contribution in [0.4, 0.5) is 0 Å². The molecule has 0 amide bonds. The van der Waals surface area contributed by atoms with E-state index in [1.54, 1.807) is 0 Å². The molecule has 0 saturated carbocycles. The van der Waals surface area contributed by atoms with Gasteiger partial charge in [0.15, 0.2) is 9.84 Å². The zero-order chi connectivity index (χ0) is 12.5. The highest BCUT2D eigenvalue weighted by Crippen LogP contribution is 2.27. The molecule has 0 spiro atoms. The summed E-state index contributed by atoms with van der Waals surface area (Å²) in [6.07, 6.45) is -0.343. The first kappa shape index (κ1) is 13.1. The summed E-state index contributed by atoms with van der Waals surface area (Å²) in [5.41, 5.74) is 1.07. The van der Waals surface area contributed by atoms with Gasteiger partial charge in [-0.25, -0.2) is 8.42 Å². The summed E-state index contributed by atoms with van der Waals surface area (Å²) in [5.74, 6) is 0.277. The standard InChI is InChI=1S/C12H15BrO3S/c1-9(10-5-3-2-4-6-10)16-12-8-17(14,15)7-11(12)13/h2-6,9,11-12H,7-8H2,1H3. The highest BCUT2D eigenvalue weighted by Gasteiger charge is 2.37. The fourth-order valence-corrected chi connectivity index (χ4v) is 5.38. The Kier molecular flexibility index (Phi) is 3.90. The Morgan fingerprint density at radius 2 is 1.94 bits per heavy atom. The van der Waals surface area contributed by atoms with E-state index in [9.17, 15) is 8.42 Å². The van der Waals surface area contributed by atoms with E-state index in [1.807, 2.05) is 37.3 Å². The van der Waals surface area contributed by atoms with Gasteiger partial charge in [0, 0.05) is 0 Å². The highest BCUT2D eigenvalue weighted by atomic mass is 79.9. The first-order valence-electron chi connectivity index (χ1n) is 5.53. The van der Waals surface area contributed by atoms with Gasteiger partial charge in [0.1, 0.15) is 0 Å². The Balaban J connectivity index is 2.03. The summed E-state index contributed by atoms with van der Waals surface area (Å²) in [4.78, 5) is -0.0985. The molecule has 3 nitrogen and oxygen atoms in total. The number of ether oxygens (including phenoxy) is 1. The molecule has 5 heteroatoms. The molecule has 1 aromatic carbocycles. The summed E-state index contributed by atoms with van der Waals surface area (Å²) in [6.45, 7) is 1.94. The normalized spacial score (nSPS) is 29.1. The zero-order valence-corrected chi connectivity index (χ0v) is 11.9. The van der Waals surface area contributed by atoms with Crippen LogP contribution < -0.4 is 0 Å². The number of sulfone groups is 1. The van der Waals surface area contributed by atoms with E-state index in [0.29, 0.717) is 0 Å². The number of halogens is 1. The monoisotopic (exact) mass is 318 g/mol. The minimum absolute atomic E-state index is 0.0884. The van der Waals surface area contributed by atoms with Gasteiger partial charge in [0.25, 0.3) is 0 Å². The van der Waals surface area contributed by atoms with Crippen LogP contribution in [-0.2, 0) is 14.6 Å². The molecule has 1 aliphatic rings. The van der Waals surface area contributed by atoms with Crippen molar-refractivity contribution in [3.8, 4) is 0 Å². The van der Waals surface area contributed by atoms with Crippen molar-refractivity contribution in [2.24, 2.45) is 0 Å². The minimum Gasteiger partial charge on any atom is -0.368 e. The maximum absolute atomic E-state index is 11.5. The third kappa shape index (κ3) is 3.30. The molecule has 0 aromatic heterocycles. The minimum atomic E-state index is -2.94. The Labute approximate surface area is 110 Å². The van der Waals surface area contributed by atoms with Gasteiger partial charge in [0.05, 0.1) is 28.5 Å². The summed E-state index contributed by atoms with van der Waals surface area (Å²) in [5, 5.41) is 0. The van der Waals surface area contributed by atoms with Crippen LogP contribution in [0.2, 0.25) is 0 Å². The van der Waals surface area contributed by atoms with Gasteiger partial charge in [-0.05, 0) is 12.5 Å². The number of rotatable bonds is 3. The van der Waals surface area contributed by atoms with Crippen molar-refractivity contribution in [1.29, 1.82) is 0 Å². The van der Waals surface area contributed by atoms with Crippen molar-refractivity contribution in [2.45, 2.75) is 24.0 Å². The maximum Gasteiger partial charge on any atom is 0.154 e. The molecule has 1 heterocycles. The fourth-order valence-electron chi connectivity index (χ4n) is 1.96. The maximum atomic E-state index is 11.5. The molecule has 0 aliphatic carbocycles. The summed E-state index contributed by atoms with van der Waals surface area (Å²) < 4.78 is 28.7. The molecular weight excluding hydrogens is 304 g/mol. The summed E-state index contributed by atoms with van der Waals surface area (Å²) in [6, 6.07) is 9.82. The van der Waals surface area contributed by atoms with Crippen molar-refractivity contribution >= 4 is 25.8 Å². The lowest BCUT2D eigenvalue weighted by Gasteiger charge is -2.20. The zero-order valence-electron chi connectivity index (χ0n) is 9.54. The van der Waals surface area contributed by atoms with E-state index < -0.39 is 9.84 Å². The molecule has 0 radical (unpaired) electrons. The average Bonchev–Trinajstić information content (AvgIpc) is 2.53. The Morgan fingerprint density at radius 1 is 1.29 bits per heavy atom. The molecule has 17 heavy (non-hydrogen) atoms. The number of benzene rings is 1. The van der Waals surface area contributed by atoms with E-state index in [0.717, 1.165) is 5.56 Å². The predicted octanol–water partition coefficient (Wildman–Crippen LogP) is 2.32. The molecule has 3 unspecified atom stereocenters. The Bertz CT molecular complexity index is 472. The lowest BCUT2D eigenvalue weighted by molar-refractivity contribution is 0.0153. The van der Waals surface area contributed by atoms with Crippen molar-refractivity contribution in [1.82, 2.24) is 0 Å². The van der Waals surface area contributed by atoms with Gasteiger partial charge < -0.3 is 4.74 Å². The molecule has 94 valence electrons. The van der Waals surface area contributed by atoms with Crippen molar-refractivity contribution in [3.05, 3.63) is 35.9 Å². The smallest absolute Gasteiger partial charge is 0.154 e. The van der Waals surface area contributed by atoms with Crippen molar-refractivity contribution in [2.75, 3.05) is 11.5 Å².